The first-order valence-electron chi connectivity index (χ1n) is 16.0. The Morgan fingerprint density at radius 2 is 1.40 bits per heavy atom. The number of nitrogens with one attached hydrogen (secondary N) is 1. The van der Waals surface area contributed by atoms with Gasteiger partial charge in [0.15, 0.2) is 0 Å². The molecule has 262 valence electrons. The zero-order valence-electron chi connectivity index (χ0n) is 25.8. The third kappa shape index (κ3) is 17.8. The zero-order chi connectivity index (χ0) is 33.1. The second kappa shape index (κ2) is 21.3. The van der Waals surface area contributed by atoms with E-state index in [1.165, 1.54) is 32.1 Å². The standard InChI is InChI=1S/C29H49F4N2O9P/c30-23-21-35(28(38)34-27(23)37)26-20-24(36)25(44-26)22-43-45(39,40)42-19-18-41-17-15-13-11-9-7-5-3-1-2-4-6-8-10-12-14-16-29(31,32)33/h21,24-26,36H,1-20,22H2,(H,39,40)(H,34,37,38)/t24-,25+,26+/m0/s1. The van der Waals surface area contributed by atoms with E-state index in [0.717, 1.165) is 55.9 Å². The lowest BCUT2D eigenvalue weighted by atomic mass is 10.0. The van der Waals surface area contributed by atoms with Crippen molar-refractivity contribution < 1.29 is 50.6 Å². The molecule has 0 aromatic carbocycles. The van der Waals surface area contributed by atoms with E-state index in [2.05, 4.69) is 0 Å². The number of phosphoric ester groups is 1. The number of aromatic nitrogens is 2. The van der Waals surface area contributed by atoms with Gasteiger partial charge in [-0.3, -0.25) is 23.4 Å². The van der Waals surface area contributed by atoms with E-state index in [-0.39, 0.29) is 26.1 Å². The number of nitrogens with zero attached hydrogens (tertiary/aromatic N) is 1. The van der Waals surface area contributed by atoms with Crippen molar-refractivity contribution in [2.45, 2.75) is 134 Å². The lowest BCUT2D eigenvalue weighted by molar-refractivity contribution is -0.135. The quantitative estimate of drug-likeness (QED) is 0.0618. The third-order valence-corrected chi connectivity index (χ3v) is 8.56. The number of halogens is 4. The molecule has 11 nitrogen and oxygen atoms in total. The molecule has 0 spiro atoms. The fraction of sp³-hybridized carbons (Fsp3) is 0.862. The van der Waals surface area contributed by atoms with Gasteiger partial charge in [-0.25, -0.2) is 9.36 Å². The highest BCUT2D eigenvalue weighted by atomic mass is 31.2. The number of ether oxygens (including phenoxy) is 2. The van der Waals surface area contributed by atoms with E-state index < -0.39 is 62.5 Å². The average molecular weight is 677 g/mol. The number of alkyl halides is 3. The van der Waals surface area contributed by atoms with Crippen LogP contribution in [0.1, 0.15) is 115 Å². The van der Waals surface area contributed by atoms with Gasteiger partial charge in [0, 0.05) is 19.4 Å². The Bertz CT molecular complexity index is 1120. The first kappa shape index (κ1) is 39.6. The fourth-order valence-corrected chi connectivity index (χ4v) is 5.77. The second-order valence-electron chi connectivity index (χ2n) is 11.5. The monoisotopic (exact) mass is 676 g/mol. The first-order valence-corrected chi connectivity index (χ1v) is 17.5. The fourth-order valence-electron chi connectivity index (χ4n) is 5.06. The van der Waals surface area contributed by atoms with Crippen LogP contribution in [-0.2, 0) is 23.1 Å². The minimum Gasteiger partial charge on any atom is -0.390 e. The van der Waals surface area contributed by atoms with Crippen LogP contribution >= 0.6 is 7.82 Å². The maximum absolute atomic E-state index is 13.5. The summed E-state index contributed by atoms with van der Waals surface area (Å²) in [6.45, 7) is -0.113. The maximum atomic E-state index is 13.5. The number of H-pyrrole nitrogens is 1. The van der Waals surface area contributed by atoms with Gasteiger partial charge in [-0.15, -0.1) is 0 Å². The number of hydrogen-bond acceptors (Lipinski definition) is 8. The molecule has 45 heavy (non-hydrogen) atoms. The van der Waals surface area contributed by atoms with Gasteiger partial charge in [-0.1, -0.05) is 83.5 Å². The normalized spacial score (nSPS) is 20.1. The third-order valence-electron chi connectivity index (χ3n) is 7.57. The van der Waals surface area contributed by atoms with Crippen molar-refractivity contribution in [3.63, 3.8) is 0 Å². The van der Waals surface area contributed by atoms with Gasteiger partial charge in [0.2, 0.25) is 5.82 Å². The van der Waals surface area contributed by atoms with Crippen LogP contribution in [0.25, 0.3) is 0 Å². The average Bonchev–Trinajstić information content (AvgIpc) is 3.34. The second-order valence-corrected chi connectivity index (χ2v) is 12.9. The van der Waals surface area contributed by atoms with E-state index in [1.54, 1.807) is 4.98 Å². The van der Waals surface area contributed by atoms with Gasteiger partial charge in [-0.2, -0.15) is 17.6 Å². The van der Waals surface area contributed by atoms with Gasteiger partial charge < -0.3 is 19.5 Å². The molecule has 0 radical (unpaired) electrons. The van der Waals surface area contributed by atoms with Crippen molar-refractivity contribution in [3.05, 3.63) is 32.9 Å². The van der Waals surface area contributed by atoms with Crippen molar-refractivity contribution in [3.8, 4) is 0 Å². The minimum absolute atomic E-state index is 0.0945. The van der Waals surface area contributed by atoms with Gasteiger partial charge in [-0.05, 0) is 12.8 Å². The van der Waals surface area contributed by atoms with Gasteiger partial charge in [0.05, 0.1) is 32.1 Å². The number of hydrogen-bond donors (Lipinski definition) is 3. The zero-order valence-corrected chi connectivity index (χ0v) is 26.7. The Labute approximate surface area is 261 Å². The maximum Gasteiger partial charge on any atom is 0.472 e. The molecule has 0 aliphatic carbocycles. The molecule has 2 heterocycles. The SMILES string of the molecule is O=c1[nH]c(=O)n([C@H]2C[C@H](O)[C@@H](COP(=O)(O)OCCOCCCCCCCCCCCCCCCCCC(F)(F)F)O2)cc1F. The Hall–Kier alpha value is -1.61. The molecule has 2 rings (SSSR count). The summed E-state index contributed by atoms with van der Waals surface area (Å²) in [5.74, 6) is -1.20. The minimum atomic E-state index is -4.46. The molecule has 1 aliphatic heterocycles. The highest BCUT2D eigenvalue weighted by molar-refractivity contribution is 7.47. The van der Waals surface area contributed by atoms with Crippen LogP contribution in [0.15, 0.2) is 15.8 Å². The summed E-state index contributed by atoms with van der Waals surface area (Å²) in [4.78, 5) is 34.7. The molecule has 1 aromatic rings. The van der Waals surface area contributed by atoms with Crippen LogP contribution in [0.4, 0.5) is 17.6 Å². The summed E-state index contributed by atoms with van der Waals surface area (Å²) in [6.07, 6.45) is 7.69. The molecule has 0 amide bonds. The number of aliphatic hydroxyl groups is 1. The Morgan fingerprint density at radius 3 is 1.96 bits per heavy atom. The predicted octanol–water partition coefficient (Wildman–Crippen LogP) is 6.28. The molecular weight excluding hydrogens is 627 g/mol. The Morgan fingerprint density at radius 1 is 0.867 bits per heavy atom. The smallest absolute Gasteiger partial charge is 0.390 e. The number of rotatable bonds is 25. The number of phosphoric acid groups is 1. The molecule has 1 unspecified atom stereocenters. The largest absolute Gasteiger partial charge is 0.472 e. The van der Waals surface area contributed by atoms with Crippen molar-refractivity contribution in [1.82, 2.24) is 9.55 Å². The van der Waals surface area contributed by atoms with Crippen LogP contribution in [0.5, 0.6) is 0 Å². The first-order chi connectivity index (χ1) is 21.4. The van der Waals surface area contributed by atoms with E-state index in [1.807, 2.05) is 0 Å². The topological polar surface area (TPSA) is 149 Å². The van der Waals surface area contributed by atoms with E-state index in [0.29, 0.717) is 19.2 Å². The summed E-state index contributed by atoms with van der Waals surface area (Å²) in [5, 5.41) is 10.2. The van der Waals surface area contributed by atoms with Crippen molar-refractivity contribution >= 4 is 7.82 Å². The van der Waals surface area contributed by atoms with Crippen LogP contribution in [0.3, 0.4) is 0 Å². The van der Waals surface area contributed by atoms with Crippen LogP contribution in [0, 0.1) is 5.82 Å². The van der Waals surface area contributed by atoms with Gasteiger partial charge in [0.1, 0.15) is 12.3 Å². The Kier molecular flexibility index (Phi) is 18.7. The summed E-state index contributed by atoms with van der Waals surface area (Å²) in [5.41, 5.74) is -2.11. The van der Waals surface area contributed by atoms with Gasteiger partial charge in [0.25, 0.3) is 5.56 Å². The molecule has 0 bridgehead atoms. The molecule has 1 aromatic heterocycles. The summed E-state index contributed by atoms with van der Waals surface area (Å²) < 4.78 is 83.3. The molecule has 1 fully saturated rings. The molecular formula is C29H49F4N2O9P. The number of unbranched alkanes of at least 4 members (excludes halogenated alkanes) is 14. The van der Waals surface area contributed by atoms with Crippen LogP contribution in [0.2, 0.25) is 0 Å². The lowest BCUT2D eigenvalue weighted by Gasteiger charge is -2.18. The number of aliphatic hydroxyl groups excluding tert-OH is 1. The van der Waals surface area contributed by atoms with Gasteiger partial charge >= 0.3 is 19.7 Å². The highest BCUT2D eigenvalue weighted by Gasteiger charge is 2.37. The van der Waals surface area contributed by atoms with E-state index in [4.69, 9.17) is 18.5 Å². The molecule has 1 aliphatic rings. The van der Waals surface area contributed by atoms with Crippen LogP contribution < -0.4 is 11.2 Å². The number of aromatic amines is 1. The molecule has 1 saturated heterocycles. The lowest BCUT2D eigenvalue weighted by Crippen LogP contribution is -2.34. The van der Waals surface area contributed by atoms with Crippen LogP contribution in [-0.4, -0.2) is 64.4 Å². The van der Waals surface area contributed by atoms with Crippen molar-refractivity contribution in [1.29, 1.82) is 0 Å². The van der Waals surface area contributed by atoms with E-state index >= 15 is 0 Å². The predicted molar refractivity (Wildman–Crippen MR) is 158 cm³/mol. The Balaban J connectivity index is 1.38. The molecule has 3 N–H and O–H groups in total. The highest BCUT2D eigenvalue weighted by Crippen LogP contribution is 2.44. The van der Waals surface area contributed by atoms with Crippen molar-refractivity contribution in [2.24, 2.45) is 0 Å². The summed E-state index contributed by atoms with van der Waals surface area (Å²) in [6, 6.07) is 0. The summed E-state index contributed by atoms with van der Waals surface area (Å²) >= 11 is 0. The molecule has 0 saturated carbocycles. The summed E-state index contributed by atoms with van der Waals surface area (Å²) in [7, 11) is -4.46. The molecule has 16 heteroatoms. The van der Waals surface area contributed by atoms with Crippen molar-refractivity contribution in [2.75, 3.05) is 26.4 Å². The molecule has 4 atom stereocenters. The van der Waals surface area contributed by atoms with E-state index in [9.17, 15) is 41.7 Å².